The van der Waals surface area contributed by atoms with Gasteiger partial charge in [-0.25, -0.2) is 9.97 Å². The lowest BCUT2D eigenvalue weighted by atomic mass is 10.3. The van der Waals surface area contributed by atoms with Gasteiger partial charge in [-0.1, -0.05) is 21.9 Å². The Morgan fingerprint density at radius 2 is 2.25 bits per heavy atom. The number of hydrogen-bond acceptors (Lipinski definition) is 5. The van der Waals surface area contributed by atoms with Crippen LogP contribution in [-0.2, 0) is 34.2 Å². The minimum atomic E-state index is -3.27. The number of aromatic nitrogens is 3. The summed E-state index contributed by atoms with van der Waals surface area (Å²) in [5.41, 5.74) is 1.09. The largest absolute Gasteiger partial charge is 0.598 e. The lowest BCUT2D eigenvalue weighted by Crippen LogP contribution is -2.41. The number of hydrogen-bond donors (Lipinski definition) is 1. The Morgan fingerprint density at radius 1 is 1.46 bits per heavy atom. The first kappa shape index (κ1) is 17.0. The van der Waals surface area contributed by atoms with Crippen molar-refractivity contribution in [1.82, 2.24) is 24.2 Å². The predicted octanol–water partition coefficient (Wildman–Crippen LogP) is 0.852. The molecule has 0 aliphatic carbocycles. The molecule has 0 radical (unpaired) electrons. The molecule has 128 valence electrons. The fourth-order valence-electron chi connectivity index (χ4n) is 2.41. The summed E-state index contributed by atoms with van der Waals surface area (Å²) in [5, 5.41) is 3.15. The van der Waals surface area contributed by atoms with Crippen LogP contribution in [-0.4, -0.2) is 42.1 Å². The molecular weight excluding hydrogens is 354 g/mol. The minimum Gasteiger partial charge on any atom is -0.598 e. The Hall–Kier alpha value is -1.81. The number of halogens is 1. The smallest absolute Gasteiger partial charge is 0.271 e. The third-order valence-corrected chi connectivity index (χ3v) is 5.18. The van der Waals surface area contributed by atoms with E-state index in [1.807, 2.05) is 0 Å². The van der Waals surface area contributed by atoms with E-state index in [9.17, 15) is 13.6 Å². The Balaban J connectivity index is 1.66. The number of amides is 1. The number of rotatable bonds is 4. The summed E-state index contributed by atoms with van der Waals surface area (Å²) in [4.78, 5) is 20.4. The summed E-state index contributed by atoms with van der Waals surface area (Å²) in [5.74, 6) is 0.239. The highest BCUT2D eigenvalue weighted by atomic mass is 35.5. The first-order valence-electron chi connectivity index (χ1n) is 7.23. The van der Waals surface area contributed by atoms with Crippen LogP contribution in [0.5, 0.6) is 0 Å². The molecule has 1 aliphatic heterocycles. The first-order chi connectivity index (χ1) is 11.3. The van der Waals surface area contributed by atoms with Crippen LogP contribution in [0.2, 0.25) is 5.15 Å². The van der Waals surface area contributed by atoms with E-state index in [4.69, 9.17) is 11.6 Å². The number of pyridine rings is 1. The van der Waals surface area contributed by atoms with Crippen LogP contribution in [0.3, 0.4) is 0 Å². The number of imidazole rings is 1. The fourth-order valence-corrected chi connectivity index (χ4v) is 3.28. The van der Waals surface area contributed by atoms with Crippen molar-refractivity contribution in [3.05, 3.63) is 46.8 Å². The summed E-state index contributed by atoms with van der Waals surface area (Å²) in [7, 11) is -3.27. The summed E-state index contributed by atoms with van der Waals surface area (Å²) in [6.45, 7) is 1.33. The van der Waals surface area contributed by atoms with Crippen molar-refractivity contribution in [3.63, 3.8) is 0 Å². The Kier molecular flexibility index (Phi) is 4.68. The van der Waals surface area contributed by atoms with Gasteiger partial charge in [0.15, 0.2) is 0 Å². The van der Waals surface area contributed by atoms with E-state index >= 15 is 0 Å². The fraction of sp³-hybridized carbons (Fsp3) is 0.357. The third kappa shape index (κ3) is 3.81. The van der Waals surface area contributed by atoms with Crippen LogP contribution < -0.4 is 5.32 Å². The van der Waals surface area contributed by atoms with Crippen molar-refractivity contribution < 1.29 is 13.6 Å². The molecule has 10 heteroatoms. The second-order valence-electron chi connectivity index (χ2n) is 5.50. The van der Waals surface area contributed by atoms with Crippen molar-refractivity contribution in [1.29, 1.82) is 0 Å². The van der Waals surface area contributed by atoms with Gasteiger partial charge in [-0.3, -0.25) is 4.79 Å². The molecule has 0 fully saturated rings. The summed E-state index contributed by atoms with van der Waals surface area (Å²) < 4.78 is 26.4. The van der Waals surface area contributed by atoms with Crippen LogP contribution in [0.15, 0.2) is 24.5 Å². The van der Waals surface area contributed by atoms with Gasteiger partial charge in [0.05, 0.1) is 6.54 Å². The number of sulfonamides is 1. The zero-order valence-corrected chi connectivity index (χ0v) is 14.5. The molecule has 3 rings (SSSR count). The predicted molar refractivity (Wildman–Crippen MR) is 87.8 cm³/mol. The minimum absolute atomic E-state index is 0.174. The summed E-state index contributed by atoms with van der Waals surface area (Å²) >= 11 is 5.71. The lowest BCUT2D eigenvalue weighted by Gasteiger charge is -2.28. The van der Waals surface area contributed by atoms with Gasteiger partial charge >= 0.3 is 0 Å². The first-order valence-corrected chi connectivity index (χ1v) is 9.45. The molecule has 0 saturated heterocycles. The lowest BCUT2D eigenvalue weighted by molar-refractivity contribution is 0.0946. The normalized spacial score (nSPS) is 17.1. The highest BCUT2D eigenvalue weighted by Gasteiger charge is 2.29. The molecule has 1 atom stereocenters. The van der Waals surface area contributed by atoms with Gasteiger partial charge in [0, 0.05) is 25.5 Å². The molecule has 0 spiro atoms. The molecular formula is C14H16ClN5O3S. The van der Waals surface area contributed by atoms with Crippen molar-refractivity contribution in [3.8, 4) is 0 Å². The van der Waals surface area contributed by atoms with Crippen molar-refractivity contribution in [2.24, 2.45) is 0 Å². The molecule has 3 heterocycles. The van der Waals surface area contributed by atoms with E-state index in [0.29, 0.717) is 30.6 Å². The second-order valence-corrected chi connectivity index (χ2v) is 7.87. The topological polar surface area (TPSA) is 103 Å². The number of fused-ring (bicyclic) bond motifs is 1. The number of carbonyl (C=O) groups is 1. The zero-order valence-electron chi connectivity index (χ0n) is 12.9. The van der Waals surface area contributed by atoms with Gasteiger partial charge in [-0.15, -0.1) is 4.31 Å². The SMILES string of the molecule is C[S+](=O)([O-])N1CCn2cc(C(=O)NCc3ccc(Cl)nc3)nc2C1. The van der Waals surface area contributed by atoms with E-state index < -0.39 is 10.4 Å². The summed E-state index contributed by atoms with van der Waals surface area (Å²) in [6.07, 6.45) is 4.40. The van der Waals surface area contributed by atoms with Gasteiger partial charge < -0.3 is 14.4 Å². The van der Waals surface area contributed by atoms with Gasteiger partial charge in [-0.05, 0) is 11.6 Å². The quantitative estimate of drug-likeness (QED) is 0.635. The van der Waals surface area contributed by atoms with E-state index in [0.717, 1.165) is 5.56 Å². The van der Waals surface area contributed by atoms with E-state index in [-0.39, 0.29) is 18.1 Å². The molecule has 0 aromatic carbocycles. The van der Waals surface area contributed by atoms with Crippen molar-refractivity contribution >= 4 is 27.9 Å². The molecule has 1 aliphatic rings. The second kappa shape index (κ2) is 6.60. The number of carbonyl (C=O) groups excluding carboxylic acids is 1. The van der Waals surface area contributed by atoms with E-state index in [2.05, 4.69) is 15.3 Å². The van der Waals surface area contributed by atoms with Crippen LogP contribution in [0.25, 0.3) is 0 Å². The zero-order chi connectivity index (χ0) is 17.3. The van der Waals surface area contributed by atoms with E-state index in [1.165, 1.54) is 10.6 Å². The van der Waals surface area contributed by atoms with Gasteiger partial charge in [0.1, 0.15) is 39.9 Å². The molecule has 24 heavy (non-hydrogen) atoms. The van der Waals surface area contributed by atoms with Crippen molar-refractivity contribution in [2.45, 2.75) is 19.6 Å². The summed E-state index contributed by atoms with van der Waals surface area (Å²) in [6, 6.07) is 3.43. The highest BCUT2D eigenvalue weighted by Crippen LogP contribution is 2.17. The monoisotopic (exact) mass is 369 g/mol. The molecule has 2 aromatic rings. The maximum Gasteiger partial charge on any atom is 0.271 e. The maximum absolute atomic E-state index is 12.2. The van der Waals surface area contributed by atoms with Crippen molar-refractivity contribution in [2.75, 3.05) is 12.8 Å². The van der Waals surface area contributed by atoms with Gasteiger partial charge in [0.25, 0.3) is 5.91 Å². The van der Waals surface area contributed by atoms with Crippen LogP contribution in [0.1, 0.15) is 21.9 Å². The molecule has 0 saturated carbocycles. The van der Waals surface area contributed by atoms with E-state index in [1.54, 1.807) is 29.1 Å². The molecule has 1 amide bonds. The third-order valence-electron chi connectivity index (χ3n) is 3.71. The molecule has 1 N–H and O–H groups in total. The van der Waals surface area contributed by atoms with Gasteiger partial charge in [0.2, 0.25) is 0 Å². The molecule has 1 unspecified atom stereocenters. The Bertz CT molecular complexity index is 801. The average Bonchev–Trinajstić information content (AvgIpc) is 2.96. The standard InChI is InChI=1S/C14H16ClN5O3S/c1-24(22,23)20-5-4-19-8-11(18-13(19)9-20)14(21)17-7-10-2-3-12(15)16-6-10/h2-3,6,8H,4-5,7,9H2,1H3,(H-,17,21,22,23). The number of nitrogens with zero attached hydrogens (tertiary/aromatic N) is 4. The van der Waals surface area contributed by atoms with Gasteiger partial charge in [-0.2, -0.15) is 0 Å². The molecule has 8 nitrogen and oxygen atoms in total. The van der Waals surface area contributed by atoms with Crippen LogP contribution in [0, 0.1) is 0 Å². The number of nitrogens with one attached hydrogen (secondary N) is 1. The Morgan fingerprint density at radius 3 is 2.92 bits per heavy atom. The highest BCUT2D eigenvalue weighted by molar-refractivity contribution is 7.94. The average molecular weight is 370 g/mol. The van der Waals surface area contributed by atoms with Crippen LogP contribution in [0.4, 0.5) is 0 Å². The molecule has 0 bridgehead atoms. The molecule has 2 aromatic heterocycles. The maximum atomic E-state index is 12.2. The Labute approximate surface area is 145 Å². The van der Waals surface area contributed by atoms with Crippen LogP contribution >= 0.6 is 11.6 Å².